The molecule has 2 saturated heterocycles. The monoisotopic (exact) mass is 412 g/mol. The molecular formula is C24H32N2O4. The molecule has 0 radical (unpaired) electrons. The van der Waals surface area contributed by atoms with Crippen LogP contribution in [0.3, 0.4) is 0 Å². The number of aliphatic hydroxyl groups excluding tert-OH is 2. The van der Waals surface area contributed by atoms with Crippen LogP contribution >= 0.6 is 0 Å². The van der Waals surface area contributed by atoms with Crippen LogP contribution in [0.1, 0.15) is 49.4 Å². The number of rotatable bonds is 5. The third-order valence-corrected chi connectivity index (χ3v) is 6.86. The van der Waals surface area contributed by atoms with Crippen molar-refractivity contribution in [2.45, 2.75) is 38.3 Å². The summed E-state index contributed by atoms with van der Waals surface area (Å²) < 4.78 is 0. The van der Waals surface area contributed by atoms with E-state index < -0.39 is 12.6 Å². The Bertz CT molecular complexity index is 721. The summed E-state index contributed by atoms with van der Waals surface area (Å²) in [6.07, 6.45) is 2.01. The fourth-order valence-electron chi connectivity index (χ4n) is 4.97. The topological polar surface area (TPSA) is 87.4 Å². The highest BCUT2D eigenvalue weighted by molar-refractivity contribution is 5.49. The predicted octanol–water partition coefficient (Wildman–Crippen LogP) is 2.79. The van der Waals surface area contributed by atoms with E-state index in [1.54, 1.807) is 24.3 Å². The van der Waals surface area contributed by atoms with Gasteiger partial charge in [-0.1, -0.05) is 24.3 Å². The summed E-state index contributed by atoms with van der Waals surface area (Å²) in [5.41, 5.74) is 3.37. The maximum Gasteiger partial charge on any atom is 0.178 e. The van der Waals surface area contributed by atoms with E-state index in [9.17, 15) is 20.4 Å². The first-order chi connectivity index (χ1) is 14.5. The molecule has 0 aliphatic carbocycles. The molecule has 6 heteroatoms. The molecule has 0 saturated carbocycles. The fourth-order valence-corrected chi connectivity index (χ4v) is 4.97. The van der Waals surface area contributed by atoms with Gasteiger partial charge in [0.1, 0.15) is 0 Å². The molecule has 2 aromatic carbocycles. The summed E-state index contributed by atoms with van der Waals surface area (Å²) in [4.78, 5) is 4.80. The predicted molar refractivity (Wildman–Crippen MR) is 117 cm³/mol. The van der Waals surface area contributed by atoms with E-state index in [-0.39, 0.29) is 0 Å². The van der Waals surface area contributed by atoms with E-state index >= 15 is 0 Å². The van der Waals surface area contributed by atoms with Gasteiger partial charge in [0.2, 0.25) is 0 Å². The van der Waals surface area contributed by atoms with Gasteiger partial charge in [0.25, 0.3) is 0 Å². The van der Waals surface area contributed by atoms with Gasteiger partial charge >= 0.3 is 0 Å². The lowest BCUT2D eigenvalue weighted by Gasteiger charge is -2.41. The van der Waals surface area contributed by atoms with Crippen molar-refractivity contribution in [2.75, 3.05) is 36.0 Å². The Balaban J connectivity index is 1.26. The zero-order valence-corrected chi connectivity index (χ0v) is 17.3. The van der Waals surface area contributed by atoms with Crippen molar-refractivity contribution in [2.24, 2.45) is 11.8 Å². The van der Waals surface area contributed by atoms with E-state index in [2.05, 4.69) is 9.80 Å². The van der Waals surface area contributed by atoms with Gasteiger partial charge in [-0.3, -0.25) is 0 Å². The maximum absolute atomic E-state index is 9.25. The molecule has 2 aliphatic rings. The summed E-state index contributed by atoms with van der Waals surface area (Å²) in [7, 11) is 0. The van der Waals surface area contributed by atoms with Gasteiger partial charge in [-0.05, 0) is 61.8 Å². The van der Waals surface area contributed by atoms with E-state index in [1.165, 1.54) is 25.7 Å². The third kappa shape index (κ3) is 4.78. The van der Waals surface area contributed by atoms with Crippen molar-refractivity contribution in [1.29, 1.82) is 0 Å². The molecule has 6 nitrogen and oxygen atoms in total. The van der Waals surface area contributed by atoms with E-state index in [1.807, 2.05) is 24.3 Å². The molecule has 2 aliphatic heterocycles. The van der Waals surface area contributed by atoms with Crippen molar-refractivity contribution >= 4 is 11.4 Å². The van der Waals surface area contributed by atoms with E-state index in [4.69, 9.17) is 0 Å². The first-order valence-electron chi connectivity index (χ1n) is 10.9. The van der Waals surface area contributed by atoms with Crippen molar-refractivity contribution in [3.05, 3.63) is 59.7 Å². The number of benzene rings is 2. The molecule has 2 aromatic rings. The summed E-state index contributed by atoms with van der Waals surface area (Å²) in [6.45, 7) is 4.21. The molecule has 0 amide bonds. The molecule has 162 valence electrons. The summed E-state index contributed by atoms with van der Waals surface area (Å²) in [6, 6.07) is 15.1. The van der Waals surface area contributed by atoms with Gasteiger partial charge in [-0.25, -0.2) is 0 Å². The zero-order chi connectivity index (χ0) is 21.1. The number of anilines is 2. The van der Waals surface area contributed by atoms with Crippen LogP contribution in [0.4, 0.5) is 11.4 Å². The molecule has 0 spiro atoms. The van der Waals surface area contributed by atoms with Crippen LogP contribution in [0.5, 0.6) is 0 Å². The normalized spacial score (nSPS) is 19.1. The van der Waals surface area contributed by atoms with Crippen LogP contribution in [0.2, 0.25) is 0 Å². The minimum absolute atomic E-state index is 0.530. The van der Waals surface area contributed by atoms with Crippen LogP contribution in [0, 0.1) is 11.8 Å². The second-order valence-corrected chi connectivity index (χ2v) is 8.58. The molecule has 4 N–H and O–H groups in total. The quantitative estimate of drug-likeness (QED) is 0.565. The maximum atomic E-state index is 9.25. The molecule has 0 aromatic heterocycles. The van der Waals surface area contributed by atoms with Crippen LogP contribution in [0.25, 0.3) is 0 Å². The molecule has 0 unspecified atom stereocenters. The van der Waals surface area contributed by atoms with Gasteiger partial charge in [0.15, 0.2) is 12.6 Å². The summed E-state index contributed by atoms with van der Waals surface area (Å²) in [5.74, 6) is 1.54. The van der Waals surface area contributed by atoms with Crippen molar-refractivity contribution in [3.8, 4) is 0 Å². The number of hydrogen-bond donors (Lipinski definition) is 4. The average Bonchev–Trinajstić information content (AvgIpc) is 2.79. The Morgan fingerprint density at radius 1 is 0.533 bits per heavy atom. The molecule has 0 bridgehead atoms. The highest BCUT2D eigenvalue weighted by Gasteiger charge is 2.29. The van der Waals surface area contributed by atoms with E-state index in [0.29, 0.717) is 11.1 Å². The number of aliphatic hydroxyl groups is 4. The lowest BCUT2D eigenvalue weighted by atomic mass is 9.78. The highest BCUT2D eigenvalue weighted by atomic mass is 16.5. The molecule has 0 atom stereocenters. The summed E-state index contributed by atoms with van der Waals surface area (Å²) >= 11 is 0. The third-order valence-electron chi connectivity index (χ3n) is 6.86. The Morgan fingerprint density at radius 2 is 0.833 bits per heavy atom. The number of piperidine rings is 2. The fraction of sp³-hybridized carbons (Fsp3) is 0.500. The molecule has 2 heterocycles. The van der Waals surface area contributed by atoms with Crippen LogP contribution in [-0.4, -0.2) is 46.6 Å². The molecule has 2 fully saturated rings. The van der Waals surface area contributed by atoms with E-state index in [0.717, 1.165) is 49.4 Å². The molecular weight excluding hydrogens is 380 g/mol. The Labute approximate surface area is 178 Å². The minimum atomic E-state index is -1.41. The SMILES string of the molecule is OC(O)c1ccc(N2CCC(C3CCN(c4ccc(C(O)O)cc4)CC3)CC2)cc1. The zero-order valence-electron chi connectivity index (χ0n) is 17.3. The first kappa shape index (κ1) is 21.1. The number of hydrogen-bond acceptors (Lipinski definition) is 6. The van der Waals surface area contributed by atoms with Crippen LogP contribution < -0.4 is 9.80 Å². The Kier molecular flexibility index (Phi) is 6.58. The average molecular weight is 413 g/mol. The first-order valence-corrected chi connectivity index (χ1v) is 10.9. The Hall–Kier alpha value is -2.12. The second-order valence-electron chi connectivity index (χ2n) is 8.58. The largest absolute Gasteiger partial charge is 0.372 e. The number of nitrogens with zero attached hydrogens (tertiary/aromatic N) is 2. The van der Waals surface area contributed by atoms with Crippen molar-refractivity contribution in [3.63, 3.8) is 0 Å². The highest BCUT2D eigenvalue weighted by Crippen LogP contribution is 2.35. The van der Waals surface area contributed by atoms with Gasteiger partial charge < -0.3 is 30.2 Å². The lowest BCUT2D eigenvalue weighted by molar-refractivity contribution is -0.0430. The molecule has 30 heavy (non-hydrogen) atoms. The van der Waals surface area contributed by atoms with Crippen molar-refractivity contribution in [1.82, 2.24) is 0 Å². The summed E-state index contributed by atoms with van der Waals surface area (Å²) in [5, 5.41) is 37.0. The van der Waals surface area contributed by atoms with Gasteiger partial charge in [0.05, 0.1) is 0 Å². The van der Waals surface area contributed by atoms with Crippen molar-refractivity contribution < 1.29 is 20.4 Å². The van der Waals surface area contributed by atoms with Gasteiger partial charge in [0, 0.05) is 48.7 Å². The van der Waals surface area contributed by atoms with Gasteiger partial charge in [-0.2, -0.15) is 0 Å². The molecule has 4 rings (SSSR count). The van der Waals surface area contributed by atoms with Crippen LogP contribution in [0.15, 0.2) is 48.5 Å². The standard InChI is InChI=1S/C24H32N2O4/c27-23(28)19-1-5-21(6-2-19)25-13-9-17(10-14-25)18-11-15-26(16-12-18)22-7-3-20(4-8-22)24(29)30/h1-8,17-18,23-24,27-30H,9-16H2. The van der Waals surface area contributed by atoms with Crippen LogP contribution in [-0.2, 0) is 0 Å². The lowest BCUT2D eigenvalue weighted by Crippen LogP contribution is -2.41. The minimum Gasteiger partial charge on any atom is -0.372 e. The smallest absolute Gasteiger partial charge is 0.178 e. The van der Waals surface area contributed by atoms with Gasteiger partial charge in [-0.15, -0.1) is 0 Å². The Morgan fingerprint density at radius 3 is 1.10 bits per heavy atom. The second kappa shape index (κ2) is 9.35.